The van der Waals surface area contributed by atoms with Crippen LogP contribution in [0.15, 0.2) is 58.4 Å². The van der Waals surface area contributed by atoms with Crippen LogP contribution in [-0.2, 0) is 14.6 Å². The molecule has 1 aromatic carbocycles. The Hall–Kier alpha value is -2.58. The molecule has 1 saturated heterocycles. The summed E-state index contributed by atoms with van der Waals surface area (Å²) in [6.07, 6.45) is 1.56. The smallest absolute Gasteiger partial charge is 0.290 e. The van der Waals surface area contributed by atoms with Crippen LogP contribution in [0.1, 0.15) is 28.6 Å². The lowest BCUT2D eigenvalue weighted by Gasteiger charge is -2.31. The second-order valence-electron chi connectivity index (χ2n) is 6.79. The van der Waals surface area contributed by atoms with Gasteiger partial charge in [-0.3, -0.25) is 9.59 Å². The van der Waals surface area contributed by atoms with Crippen LogP contribution in [0.5, 0.6) is 0 Å². The molecule has 0 bridgehead atoms. The molecule has 1 amide bonds. The van der Waals surface area contributed by atoms with Gasteiger partial charge in [-0.25, -0.2) is 8.42 Å². The molecule has 1 N–H and O–H groups in total. The molecule has 146 valence electrons. The number of rotatable bonds is 4. The van der Waals surface area contributed by atoms with E-state index in [-0.39, 0.29) is 29.3 Å². The Morgan fingerprint density at radius 3 is 2.50 bits per heavy atom. The first-order chi connectivity index (χ1) is 13.3. The molecule has 0 spiro atoms. The zero-order chi connectivity index (χ0) is 20.1. The maximum absolute atomic E-state index is 13.0. The van der Waals surface area contributed by atoms with Crippen molar-refractivity contribution >= 4 is 33.1 Å². The highest BCUT2D eigenvalue weighted by atomic mass is 35.5. The first-order valence-corrected chi connectivity index (χ1v) is 10.8. The van der Waals surface area contributed by atoms with Gasteiger partial charge in [-0.15, -0.1) is 0 Å². The van der Waals surface area contributed by atoms with Crippen molar-refractivity contribution in [3.63, 3.8) is 0 Å². The third-order valence-electron chi connectivity index (χ3n) is 5.02. The predicted octanol–water partition coefficient (Wildman–Crippen LogP) is 2.70. The normalized spacial score (nSPS) is 24.2. The van der Waals surface area contributed by atoms with Gasteiger partial charge in [0.2, 0.25) is 5.78 Å². The Balaban J connectivity index is 1.82. The summed E-state index contributed by atoms with van der Waals surface area (Å²) in [5.74, 6) is -2.36. The minimum Gasteiger partial charge on any atom is -0.503 e. The van der Waals surface area contributed by atoms with Crippen molar-refractivity contribution in [3.8, 4) is 0 Å². The maximum Gasteiger partial charge on any atom is 0.290 e. The Morgan fingerprint density at radius 1 is 1.21 bits per heavy atom. The van der Waals surface area contributed by atoms with E-state index in [9.17, 15) is 23.1 Å². The predicted molar refractivity (Wildman–Crippen MR) is 101 cm³/mol. The van der Waals surface area contributed by atoms with Crippen molar-refractivity contribution in [1.29, 1.82) is 0 Å². The van der Waals surface area contributed by atoms with Crippen molar-refractivity contribution in [2.75, 3.05) is 11.5 Å². The first-order valence-electron chi connectivity index (χ1n) is 8.58. The molecule has 9 heteroatoms. The second kappa shape index (κ2) is 6.79. The van der Waals surface area contributed by atoms with E-state index in [0.29, 0.717) is 10.6 Å². The van der Waals surface area contributed by atoms with Crippen LogP contribution < -0.4 is 0 Å². The summed E-state index contributed by atoms with van der Waals surface area (Å²) in [5.41, 5.74) is 0.410. The number of hydrogen-bond acceptors (Lipinski definition) is 6. The van der Waals surface area contributed by atoms with Crippen LogP contribution in [0.3, 0.4) is 0 Å². The molecule has 0 saturated carbocycles. The number of benzene rings is 1. The molecule has 2 atom stereocenters. The van der Waals surface area contributed by atoms with Crippen molar-refractivity contribution in [3.05, 3.63) is 70.3 Å². The first kappa shape index (κ1) is 18.8. The number of sulfone groups is 1. The van der Waals surface area contributed by atoms with Crippen molar-refractivity contribution < 1.29 is 27.5 Å². The quantitative estimate of drug-likeness (QED) is 0.761. The van der Waals surface area contributed by atoms with Crippen LogP contribution in [0.2, 0.25) is 5.02 Å². The number of furan rings is 1. The maximum atomic E-state index is 13.0. The minimum atomic E-state index is -3.29. The number of carbonyl (C=O) groups excluding carboxylic acids is 2. The third-order valence-corrected chi connectivity index (χ3v) is 7.02. The van der Waals surface area contributed by atoms with Gasteiger partial charge in [-0.1, -0.05) is 23.7 Å². The summed E-state index contributed by atoms with van der Waals surface area (Å²) in [7, 11) is -3.29. The van der Waals surface area contributed by atoms with E-state index in [1.807, 2.05) is 0 Å². The summed E-state index contributed by atoms with van der Waals surface area (Å²) < 4.78 is 29.1. The summed E-state index contributed by atoms with van der Waals surface area (Å²) in [4.78, 5) is 27.1. The van der Waals surface area contributed by atoms with E-state index in [0.717, 1.165) is 0 Å². The SMILES string of the molecule is O=C(C1=C(O)C(=O)N(C2CCS(=O)(=O)C2)C1c1ccc(Cl)cc1)c1ccco1. The molecule has 2 aliphatic rings. The van der Waals surface area contributed by atoms with E-state index in [2.05, 4.69) is 0 Å². The van der Waals surface area contributed by atoms with E-state index in [4.69, 9.17) is 16.0 Å². The third kappa shape index (κ3) is 3.12. The average Bonchev–Trinajstić information content (AvgIpc) is 3.35. The fraction of sp³-hybridized carbons (Fsp3) is 0.263. The van der Waals surface area contributed by atoms with E-state index < -0.39 is 39.4 Å². The second-order valence-corrected chi connectivity index (χ2v) is 9.46. The number of nitrogens with zero attached hydrogens (tertiary/aromatic N) is 1. The van der Waals surface area contributed by atoms with Gasteiger partial charge in [0, 0.05) is 11.1 Å². The number of aliphatic hydroxyl groups is 1. The Labute approximate surface area is 166 Å². The zero-order valence-electron chi connectivity index (χ0n) is 14.5. The number of aliphatic hydroxyl groups excluding tert-OH is 1. The Morgan fingerprint density at radius 2 is 1.93 bits per heavy atom. The molecule has 28 heavy (non-hydrogen) atoms. The van der Waals surface area contributed by atoms with Crippen LogP contribution in [0.4, 0.5) is 0 Å². The summed E-state index contributed by atoms with van der Waals surface area (Å²) in [6, 6.07) is 7.90. The van der Waals surface area contributed by atoms with Gasteiger partial charge in [0.15, 0.2) is 21.4 Å². The highest BCUT2D eigenvalue weighted by Gasteiger charge is 2.49. The van der Waals surface area contributed by atoms with Crippen molar-refractivity contribution in [1.82, 2.24) is 4.90 Å². The summed E-state index contributed by atoms with van der Waals surface area (Å²) in [5, 5.41) is 11.0. The lowest BCUT2D eigenvalue weighted by molar-refractivity contribution is -0.131. The monoisotopic (exact) mass is 421 g/mol. The van der Waals surface area contributed by atoms with Crippen molar-refractivity contribution in [2.45, 2.75) is 18.5 Å². The van der Waals surface area contributed by atoms with Gasteiger partial charge in [-0.05, 0) is 36.2 Å². The topological polar surface area (TPSA) is 105 Å². The number of halogens is 1. The molecular weight excluding hydrogens is 406 g/mol. The van der Waals surface area contributed by atoms with Gasteiger partial charge in [0.1, 0.15) is 0 Å². The van der Waals surface area contributed by atoms with Crippen LogP contribution >= 0.6 is 11.6 Å². The standard InChI is InChI=1S/C19H16ClNO6S/c20-12-5-3-11(4-6-12)16-15(17(22)14-2-1-8-27-14)18(23)19(24)21(16)13-7-9-28(25,26)10-13/h1-6,8,13,16,23H,7,9-10H2. The number of Topliss-reactive ketones (excluding diaryl/α,β-unsaturated/α-hetero) is 1. The molecule has 2 aliphatic heterocycles. The van der Waals surface area contributed by atoms with E-state index in [1.54, 1.807) is 24.3 Å². The molecule has 4 rings (SSSR count). The minimum absolute atomic E-state index is 0.0193. The number of hydrogen-bond donors (Lipinski definition) is 1. The van der Waals surface area contributed by atoms with Gasteiger partial charge >= 0.3 is 0 Å². The zero-order valence-corrected chi connectivity index (χ0v) is 16.1. The van der Waals surface area contributed by atoms with Crippen molar-refractivity contribution in [2.24, 2.45) is 0 Å². The highest BCUT2D eigenvalue weighted by Crippen LogP contribution is 2.42. The molecule has 7 nitrogen and oxygen atoms in total. The average molecular weight is 422 g/mol. The number of amides is 1. The summed E-state index contributed by atoms with van der Waals surface area (Å²) in [6.45, 7) is 0. The molecule has 2 unspecified atom stereocenters. The lowest BCUT2D eigenvalue weighted by Crippen LogP contribution is -2.41. The van der Waals surface area contributed by atoms with Crippen LogP contribution in [-0.4, -0.2) is 47.7 Å². The number of ketones is 1. The largest absolute Gasteiger partial charge is 0.503 e. The molecule has 0 radical (unpaired) electrons. The molecule has 1 fully saturated rings. The van der Waals surface area contributed by atoms with E-state index >= 15 is 0 Å². The Kier molecular flexibility index (Phi) is 4.55. The molecule has 3 heterocycles. The van der Waals surface area contributed by atoms with Gasteiger partial charge in [0.05, 0.1) is 29.4 Å². The fourth-order valence-corrected chi connectivity index (χ4v) is 5.58. The lowest BCUT2D eigenvalue weighted by atomic mass is 9.94. The molecule has 0 aliphatic carbocycles. The van der Waals surface area contributed by atoms with Crippen LogP contribution in [0.25, 0.3) is 0 Å². The highest BCUT2D eigenvalue weighted by molar-refractivity contribution is 7.91. The van der Waals surface area contributed by atoms with Gasteiger partial charge in [-0.2, -0.15) is 0 Å². The number of carbonyl (C=O) groups is 2. The molecule has 1 aromatic heterocycles. The Bertz CT molecular complexity index is 1070. The molecular formula is C19H16ClNO6S. The van der Waals surface area contributed by atoms with E-state index in [1.165, 1.54) is 23.3 Å². The summed E-state index contributed by atoms with van der Waals surface area (Å²) >= 11 is 5.95. The van der Waals surface area contributed by atoms with Gasteiger partial charge in [0.25, 0.3) is 5.91 Å². The molecule has 2 aromatic rings. The fourth-order valence-electron chi connectivity index (χ4n) is 3.74. The van der Waals surface area contributed by atoms with Gasteiger partial charge < -0.3 is 14.4 Å². The van der Waals surface area contributed by atoms with Crippen LogP contribution in [0, 0.1) is 0 Å².